The Hall–Kier alpha value is -6.36. The van der Waals surface area contributed by atoms with Crippen molar-refractivity contribution in [2.75, 3.05) is 85.3 Å². The topological polar surface area (TPSA) is 216 Å². The van der Waals surface area contributed by atoms with Crippen molar-refractivity contribution in [3.63, 3.8) is 0 Å². The summed E-state index contributed by atoms with van der Waals surface area (Å²) in [5.41, 5.74) is 5.83. The molecule has 404 valence electrons. The molecule has 0 saturated heterocycles. The minimum atomic E-state index is -0.924. The van der Waals surface area contributed by atoms with Crippen molar-refractivity contribution >= 4 is 24.6 Å². The Kier molecular flexibility index (Phi) is 22.0. The van der Waals surface area contributed by atoms with Crippen LogP contribution >= 0.6 is 0 Å². The molecule has 0 aliphatic heterocycles. The Morgan fingerprint density at radius 3 is 0.568 bits per heavy atom. The van der Waals surface area contributed by atoms with Crippen LogP contribution in [-0.4, -0.2) is 110 Å². The fraction of sp³-hybridized carbons (Fsp3) is 0.481. The zero-order chi connectivity index (χ0) is 54.0. The quantitative estimate of drug-likeness (QED) is 0.0363. The summed E-state index contributed by atoms with van der Waals surface area (Å²) in [5, 5.41) is 0. The fourth-order valence-electron chi connectivity index (χ4n) is 9.84. The first kappa shape index (κ1) is 58.5. The van der Waals surface area contributed by atoms with Crippen LogP contribution in [0.4, 0.5) is 19.2 Å². The second-order valence-electron chi connectivity index (χ2n) is 17.3. The summed E-state index contributed by atoms with van der Waals surface area (Å²) in [6.45, 7) is 0.347. The maximum atomic E-state index is 12.8. The molecule has 0 spiro atoms. The van der Waals surface area contributed by atoms with Crippen molar-refractivity contribution in [2.24, 2.45) is 0 Å². The molecule has 5 rings (SSSR count). The van der Waals surface area contributed by atoms with E-state index < -0.39 is 35.5 Å². The third-order valence-electron chi connectivity index (χ3n) is 12.9. The van der Waals surface area contributed by atoms with Crippen molar-refractivity contribution in [3.8, 4) is 23.0 Å². The van der Waals surface area contributed by atoms with E-state index in [0.717, 1.165) is 22.3 Å². The van der Waals surface area contributed by atoms with Gasteiger partial charge in [0.15, 0.2) is 0 Å². The Balaban J connectivity index is 1.97. The van der Waals surface area contributed by atoms with Crippen LogP contribution in [0.25, 0.3) is 0 Å². The van der Waals surface area contributed by atoms with Crippen molar-refractivity contribution in [1.82, 2.24) is 0 Å². The maximum absolute atomic E-state index is 12.8. The minimum absolute atomic E-state index is 0.0434. The van der Waals surface area contributed by atoms with Gasteiger partial charge in [-0.25, -0.2) is 19.2 Å². The molecule has 1 aliphatic rings. The highest BCUT2D eigenvalue weighted by atomic mass is 16.7. The van der Waals surface area contributed by atoms with E-state index in [0.29, 0.717) is 70.2 Å². The van der Waals surface area contributed by atoms with E-state index in [4.69, 9.17) is 75.8 Å². The van der Waals surface area contributed by atoms with Gasteiger partial charge >= 0.3 is 24.6 Å². The first-order valence-corrected chi connectivity index (χ1v) is 23.3. The summed E-state index contributed by atoms with van der Waals surface area (Å²) in [5.74, 6) is 0.899. The molecule has 0 atom stereocenters. The predicted octanol–water partition coefficient (Wildman–Crippen LogP) is 9.29. The summed E-state index contributed by atoms with van der Waals surface area (Å²) in [6.07, 6.45) is -2.04. The van der Waals surface area contributed by atoms with Crippen LogP contribution < -0.4 is 18.9 Å². The molecule has 0 aromatic heterocycles. The Bertz CT molecular complexity index is 2110. The smallest absolute Gasteiger partial charge is 0.437 e. The Labute approximate surface area is 431 Å². The second kappa shape index (κ2) is 27.8. The lowest BCUT2D eigenvalue weighted by Crippen LogP contribution is -2.42. The summed E-state index contributed by atoms with van der Waals surface area (Å²) in [4.78, 5) is 51.1. The lowest BCUT2D eigenvalue weighted by atomic mass is 9.54. The first-order valence-electron chi connectivity index (χ1n) is 23.3. The number of hydrogen-bond donors (Lipinski definition) is 0. The molecule has 1 saturated carbocycles. The molecular formula is C54H68O20. The Morgan fingerprint density at radius 1 is 0.297 bits per heavy atom. The highest BCUT2D eigenvalue weighted by molar-refractivity contribution is 5.69. The molecule has 1 fully saturated rings. The van der Waals surface area contributed by atoms with Crippen molar-refractivity contribution in [1.29, 1.82) is 0 Å². The minimum Gasteiger partial charge on any atom is -0.437 e. The summed E-state index contributed by atoms with van der Waals surface area (Å²) in [6, 6.07) is 15.6. The van der Waals surface area contributed by atoms with E-state index in [1.54, 1.807) is 0 Å². The third-order valence-corrected chi connectivity index (χ3v) is 12.9. The van der Waals surface area contributed by atoms with Crippen LogP contribution in [0.3, 0.4) is 0 Å². The normalized spacial score (nSPS) is 13.7. The van der Waals surface area contributed by atoms with Crippen LogP contribution in [0.2, 0.25) is 0 Å². The van der Waals surface area contributed by atoms with Crippen LogP contribution in [0.15, 0.2) is 48.5 Å². The van der Waals surface area contributed by atoms with Gasteiger partial charge in [-0.05, 0) is 96.5 Å². The summed E-state index contributed by atoms with van der Waals surface area (Å²) < 4.78 is 88.8. The van der Waals surface area contributed by atoms with Gasteiger partial charge in [0, 0.05) is 112 Å². The van der Waals surface area contributed by atoms with Crippen LogP contribution in [-0.2, 0) is 121 Å². The van der Waals surface area contributed by atoms with Gasteiger partial charge < -0.3 is 75.8 Å². The van der Waals surface area contributed by atoms with E-state index >= 15 is 0 Å². The molecule has 20 heteroatoms. The molecule has 74 heavy (non-hydrogen) atoms. The SMILES string of the molecule is COCc1cc(C2(c3cc(COC)c(OC(=O)OC)c(COC)c3)CCC(c3cc(COC)c(OC(=O)OC)c(COC)c3)(c3cc(COC)c(OC(=O)OC)c(COC)c3)CC2)cc(COC)c1OC(=O)OC. The predicted molar refractivity (Wildman–Crippen MR) is 264 cm³/mol. The van der Waals surface area contributed by atoms with E-state index in [1.165, 1.54) is 85.3 Å². The van der Waals surface area contributed by atoms with Gasteiger partial charge in [-0.3, -0.25) is 0 Å². The highest BCUT2D eigenvalue weighted by Gasteiger charge is 2.48. The van der Waals surface area contributed by atoms with E-state index in [2.05, 4.69) is 0 Å². The molecule has 20 nitrogen and oxygen atoms in total. The highest BCUT2D eigenvalue weighted by Crippen LogP contribution is 2.57. The van der Waals surface area contributed by atoms with E-state index in [1.807, 2.05) is 48.5 Å². The van der Waals surface area contributed by atoms with Crippen molar-refractivity contribution in [3.05, 3.63) is 115 Å². The number of rotatable bonds is 24. The van der Waals surface area contributed by atoms with Crippen molar-refractivity contribution < 1.29 is 95.0 Å². The number of benzene rings is 4. The zero-order valence-corrected chi connectivity index (χ0v) is 44.3. The molecule has 0 amide bonds. The molecule has 1 aliphatic carbocycles. The maximum Gasteiger partial charge on any atom is 0.513 e. The van der Waals surface area contributed by atoms with Crippen LogP contribution in [0.5, 0.6) is 23.0 Å². The van der Waals surface area contributed by atoms with Gasteiger partial charge in [0.1, 0.15) is 23.0 Å². The summed E-state index contributed by atoms with van der Waals surface area (Å²) >= 11 is 0. The average Bonchev–Trinajstić information content (AvgIpc) is 3.39. The number of methoxy groups -OCH3 is 12. The van der Waals surface area contributed by atoms with E-state index in [9.17, 15) is 19.2 Å². The molecule has 0 heterocycles. The standard InChI is InChI=1S/C54H68O20/c1-59-25-33-17-41(18-34(26-60-2)45(33)71-49(55)67-9)53(42-19-35(27-61-3)46(72-50(56)68-10)36(20-42)28-62-4)13-15-54(16-14-53,43-21-37(29-63-5)47(73-51(57)69-11)38(22-43)30-64-6)44-23-39(31-65-7)48(74-52(58)70-12)40(24-44)32-66-8/h17-24H,13-16,25-32H2,1-12H3. The van der Waals surface area contributed by atoms with Crippen LogP contribution in [0.1, 0.15) is 92.4 Å². The van der Waals surface area contributed by atoms with Gasteiger partial charge in [-0.15, -0.1) is 0 Å². The third kappa shape index (κ3) is 13.3. The largest absolute Gasteiger partial charge is 0.513 e. The molecule has 0 radical (unpaired) electrons. The fourth-order valence-corrected chi connectivity index (χ4v) is 9.84. The zero-order valence-electron chi connectivity index (χ0n) is 44.3. The second-order valence-corrected chi connectivity index (χ2v) is 17.3. The first-order chi connectivity index (χ1) is 35.7. The lowest BCUT2D eigenvalue weighted by molar-refractivity contribution is 0.115. The van der Waals surface area contributed by atoms with Crippen molar-refractivity contribution in [2.45, 2.75) is 89.4 Å². The lowest BCUT2D eigenvalue weighted by Gasteiger charge is -2.49. The number of ether oxygens (including phenoxy) is 16. The molecule has 4 aromatic rings. The Morgan fingerprint density at radius 2 is 0.446 bits per heavy atom. The molecule has 0 bridgehead atoms. The van der Waals surface area contributed by atoms with Gasteiger partial charge in [0.25, 0.3) is 0 Å². The van der Waals surface area contributed by atoms with Gasteiger partial charge in [-0.2, -0.15) is 0 Å². The van der Waals surface area contributed by atoms with Gasteiger partial charge in [-0.1, -0.05) is 0 Å². The van der Waals surface area contributed by atoms with Gasteiger partial charge in [0.05, 0.1) is 81.3 Å². The molecule has 0 N–H and O–H groups in total. The van der Waals surface area contributed by atoms with Gasteiger partial charge in [0.2, 0.25) is 0 Å². The van der Waals surface area contributed by atoms with Crippen LogP contribution in [0, 0.1) is 0 Å². The van der Waals surface area contributed by atoms with E-state index in [-0.39, 0.29) is 75.9 Å². The monoisotopic (exact) mass is 1040 g/mol. The molecule has 0 unspecified atom stereocenters. The summed E-state index contributed by atoms with van der Waals surface area (Å²) in [7, 11) is 17.2. The molecule has 4 aromatic carbocycles. The number of carbonyl (C=O) groups excluding carboxylic acids is 4. The molecular weight excluding hydrogens is 969 g/mol. The number of hydrogen-bond acceptors (Lipinski definition) is 20. The average molecular weight is 1040 g/mol. The number of carbonyl (C=O) groups is 4.